The summed E-state index contributed by atoms with van der Waals surface area (Å²) in [5.74, 6) is 0.862. The van der Waals surface area contributed by atoms with Gasteiger partial charge in [0.05, 0.1) is 15.9 Å². The number of aryl methyl sites for hydroxylation is 1. The molecule has 0 atom stereocenters. The van der Waals surface area contributed by atoms with Crippen molar-refractivity contribution in [1.82, 2.24) is 15.1 Å². The lowest BCUT2D eigenvalue weighted by Crippen LogP contribution is -2.05. The maximum Gasteiger partial charge on any atom is 0.311 e. The Bertz CT molecular complexity index is 585. The second-order valence-electron chi connectivity index (χ2n) is 3.36. The molecule has 0 aliphatic carbocycles. The monoisotopic (exact) mass is 313 g/mol. The van der Waals surface area contributed by atoms with E-state index in [4.69, 9.17) is 4.52 Å². The lowest BCUT2D eigenvalue weighted by molar-refractivity contribution is -0.384. The van der Waals surface area contributed by atoms with Crippen LogP contribution in [-0.2, 0) is 6.54 Å². The molecule has 8 nitrogen and oxygen atoms in total. The molecule has 0 aliphatic heterocycles. The van der Waals surface area contributed by atoms with Crippen molar-refractivity contribution in [2.45, 2.75) is 13.5 Å². The van der Waals surface area contributed by atoms with Crippen molar-refractivity contribution in [3.05, 3.63) is 38.7 Å². The van der Waals surface area contributed by atoms with E-state index in [0.717, 1.165) is 0 Å². The van der Waals surface area contributed by atoms with Crippen LogP contribution in [0.5, 0.6) is 0 Å². The molecule has 2 aromatic heterocycles. The maximum atomic E-state index is 10.8. The van der Waals surface area contributed by atoms with Crippen molar-refractivity contribution in [1.29, 1.82) is 0 Å². The van der Waals surface area contributed by atoms with Gasteiger partial charge in [0.2, 0.25) is 5.89 Å². The van der Waals surface area contributed by atoms with Crippen LogP contribution < -0.4 is 5.32 Å². The fourth-order valence-electron chi connectivity index (χ4n) is 1.32. The van der Waals surface area contributed by atoms with Gasteiger partial charge in [-0.1, -0.05) is 5.16 Å². The Morgan fingerprint density at radius 2 is 2.33 bits per heavy atom. The summed E-state index contributed by atoms with van der Waals surface area (Å²) in [6, 6.07) is 0. The number of hydrogen-bond donors (Lipinski definition) is 1. The lowest BCUT2D eigenvalue weighted by Gasteiger charge is -2.06. The summed E-state index contributed by atoms with van der Waals surface area (Å²) >= 11 is 3.20. The normalized spacial score (nSPS) is 10.3. The van der Waals surface area contributed by atoms with Gasteiger partial charge in [0, 0.05) is 13.1 Å². The van der Waals surface area contributed by atoms with Gasteiger partial charge in [0.1, 0.15) is 11.9 Å². The zero-order valence-electron chi connectivity index (χ0n) is 9.25. The maximum absolute atomic E-state index is 10.8. The first-order valence-corrected chi connectivity index (χ1v) is 5.68. The van der Waals surface area contributed by atoms with E-state index in [0.29, 0.717) is 21.9 Å². The fraction of sp³-hybridized carbons (Fsp3) is 0.222. The number of halogens is 1. The Labute approximate surface area is 110 Å². The first-order valence-electron chi connectivity index (χ1n) is 4.89. The molecular formula is C9H8BrN5O3. The van der Waals surface area contributed by atoms with E-state index in [1.54, 1.807) is 6.92 Å². The van der Waals surface area contributed by atoms with Gasteiger partial charge in [-0.25, -0.2) is 0 Å². The summed E-state index contributed by atoms with van der Waals surface area (Å²) < 4.78 is 5.30. The highest BCUT2D eigenvalue weighted by Crippen LogP contribution is 2.31. The average molecular weight is 314 g/mol. The number of rotatable bonds is 4. The number of nitrogens with one attached hydrogen (secondary N) is 1. The van der Waals surface area contributed by atoms with Gasteiger partial charge >= 0.3 is 5.69 Å². The predicted octanol–water partition coefficient (Wildman–Crippen LogP) is 2.06. The zero-order chi connectivity index (χ0) is 13.1. The molecule has 0 saturated carbocycles. The van der Waals surface area contributed by atoms with E-state index in [2.05, 4.69) is 36.4 Å². The minimum absolute atomic E-state index is 0.121. The topological polar surface area (TPSA) is 107 Å². The standard InChI is InChI=1S/C9H8BrN5O3/c1-5-13-8(14-18-5)4-12-9-6(10)2-11-3-7(9)15(16)17/h2-3H,4H2,1H3,(H,11,12). The average Bonchev–Trinajstić information content (AvgIpc) is 2.73. The summed E-state index contributed by atoms with van der Waals surface area (Å²) in [6.45, 7) is 1.89. The number of nitro groups is 1. The lowest BCUT2D eigenvalue weighted by atomic mass is 10.3. The van der Waals surface area contributed by atoms with Gasteiger partial charge in [0.25, 0.3) is 0 Å². The molecule has 1 N–H and O–H groups in total. The Kier molecular flexibility index (Phi) is 3.51. The summed E-state index contributed by atoms with van der Waals surface area (Å²) in [5, 5.41) is 17.4. The molecule has 0 fully saturated rings. The van der Waals surface area contributed by atoms with Gasteiger partial charge in [-0.3, -0.25) is 15.1 Å². The number of aromatic nitrogens is 3. The van der Waals surface area contributed by atoms with Gasteiger partial charge in [-0.2, -0.15) is 4.98 Å². The first-order chi connectivity index (χ1) is 8.58. The number of hydrogen-bond acceptors (Lipinski definition) is 7. The highest BCUT2D eigenvalue weighted by Gasteiger charge is 2.17. The van der Waals surface area contributed by atoms with E-state index in [-0.39, 0.29) is 12.2 Å². The molecule has 0 unspecified atom stereocenters. The van der Waals surface area contributed by atoms with E-state index < -0.39 is 4.92 Å². The van der Waals surface area contributed by atoms with E-state index in [1.807, 2.05) is 0 Å². The van der Waals surface area contributed by atoms with Gasteiger partial charge in [-0.05, 0) is 15.9 Å². The Morgan fingerprint density at radius 1 is 1.56 bits per heavy atom. The molecule has 0 saturated heterocycles. The quantitative estimate of drug-likeness (QED) is 0.679. The highest BCUT2D eigenvalue weighted by molar-refractivity contribution is 9.10. The van der Waals surface area contributed by atoms with Crippen LogP contribution in [0.4, 0.5) is 11.4 Å². The zero-order valence-corrected chi connectivity index (χ0v) is 10.8. The largest absolute Gasteiger partial charge is 0.371 e. The van der Waals surface area contributed by atoms with Crippen LogP contribution in [-0.4, -0.2) is 20.0 Å². The smallest absolute Gasteiger partial charge is 0.311 e. The summed E-state index contributed by atoms with van der Waals surface area (Å²) in [4.78, 5) is 18.1. The molecule has 18 heavy (non-hydrogen) atoms. The Hall–Kier alpha value is -2.03. The molecule has 9 heteroatoms. The van der Waals surface area contributed by atoms with Gasteiger partial charge in [0.15, 0.2) is 5.82 Å². The molecular weight excluding hydrogens is 306 g/mol. The second-order valence-corrected chi connectivity index (χ2v) is 4.21. The molecule has 0 bridgehead atoms. The number of pyridine rings is 1. The highest BCUT2D eigenvalue weighted by atomic mass is 79.9. The van der Waals surface area contributed by atoms with Crippen LogP contribution >= 0.6 is 15.9 Å². The summed E-state index contributed by atoms with van der Waals surface area (Å²) in [7, 11) is 0. The molecule has 0 aliphatic rings. The molecule has 0 amide bonds. The third kappa shape index (κ3) is 2.62. The van der Waals surface area contributed by atoms with Crippen LogP contribution in [0, 0.1) is 17.0 Å². The molecule has 2 heterocycles. The van der Waals surface area contributed by atoms with Crippen molar-refractivity contribution >= 4 is 27.3 Å². The second kappa shape index (κ2) is 5.08. The summed E-state index contributed by atoms with van der Waals surface area (Å²) in [5.41, 5.74) is 0.210. The molecule has 0 spiro atoms. The first kappa shape index (κ1) is 12.4. The molecule has 2 aromatic rings. The summed E-state index contributed by atoms with van der Waals surface area (Å²) in [6.07, 6.45) is 2.64. The van der Waals surface area contributed by atoms with Crippen LogP contribution in [0.15, 0.2) is 21.4 Å². The van der Waals surface area contributed by atoms with E-state index in [9.17, 15) is 10.1 Å². The van der Waals surface area contributed by atoms with Crippen molar-refractivity contribution in [3.8, 4) is 0 Å². The molecule has 2 rings (SSSR count). The molecule has 0 aromatic carbocycles. The van der Waals surface area contributed by atoms with Crippen molar-refractivity contribution in [3.63, 3.8) is 0 Å². The van der Waals surface area contributed by atoms with Gasteiger partial charge < -0.3 is 9.84 Å². The van der Waals surface area contributed by atoms with Crippen LogP contribution in [0.1, 0.15) is 11.7 Å². The number of nitrogens with zero attached hydrogens (tertiary/aromatic N) is 4. The van der Waals surface area contributed by atoms with Crippen molar-refractivity contribution < 1.29 is 9.45 Å². The molecule has 0 radical (unpaired) electrons. The minimum Gasteiger partial charge on any atom is -0.371 e. The third-order valence-electron chi connectivity index (χ3n) is 2.07. The van der Waals surface area contributed by atoms with Crippen LogP contribution in [0.3, 0.4) is 0 Å². The van der Waals surface area contributed by atoms with Crippen LogP contribution in [0.2, 0.25) is 0 Å². The molecule has 94 valence electrons. The fourth-order valence-corrected chi connectivity index (χ4v) is 1.78. The predicted molar refractivity (Wildman–Crippen MR) is 65.0 cm³/mol. The SMILES string of the molecule is Cc1nc(CNc2c(Br)cncc2[N+](=O)[O-])no1. The third-order valence-corrected chi connectivity index (χ3v) is 2.67. The van der Waals surface area contributed by atoms with E-state index in [1.165, 1.54) is 12.4 Å². The van der Waals surface area contributed by atoms with Crippen molar-refractivity contribution in [2.75, 3.05) is 5.32 Å². The minimum atomic E-state index is -0.512. The van der Waals surface area contributed by atoms with Gasteiger partial charge in [-0.15, -0.1) is 0 Å². The van der Waals surface area contributed by atoms with Crippen LogP contribution in [0.25, 0.3) is 0 Å². The Balaban J connectivity index is 2.20. The number of anilines is 1. The van der Waals surface area contributed by atoms with Crippen molar-refractivity contribution in [2.24, 2.45) is 0 Å². The van der Waals surface area contributed by atoms with E-state index >= 15 is 0 Å². The Morgan fingerprint density at radius 3 is 2.94 bits per heavy atom.